The average Bonchev–Trinajstić information content (AvgIpc) is 1.65. The van der Waals surface area contributed by atoms with Crippen LogP contribution in [0.2, 0.25) is 0 Å². The molecule has 0 spiro atoms. The molecule has 0 rings (SSSR count). The molecule has 0 bridgehead atoms. The van der Waals surface area contributed by atoms with Crippen molar-refractivity contribution in [1.82, 2.24) is 0 Å². The molecule has 0 fully saturated rings. The molecule has 0 radical (unpaired) electrons. The number of hydrogen-bond acceptors (Lipinski definition) is 1. The van der Waals surface area contributed by atoms with Crippen molar-refractivity contribution in [2.45, 2.75) is 13.8 Å². The van der Waals surface area contributed by atoms with Gasteiger partial charge in [-0.15, -0.1) is 6.58 Å². The first kappa shape index (κ1) is 10.8. The maximum absolute atomic E-state index is 9.47. The van der Waals surface area contributed by atoms with Gasteiger partial charge in [-0.3, -0.25) is 4.79 Å². The van der Waals surface area contributed by atoms with Crippen LogP contribution in [-0.4, -0.2) is 5.91 Å². The smallest absolute Gasteiger partial charge is 0.240 e. The third kappa shape index (κ3) is 189. The van der Waals surface area contributed by atoms with E-state index in [1.165, 1.54) is 5.57 Å². The molecule has 52 valence electrons. The van der Waals surface area contributed by atoms with Crippen LogP contribution in [0.3, 0.4) is 0 Å². The predicted molar refractivity (Wildman–Crippen MR) is 39.9 cm³/mol. The first-order chi connectivity index (χ1) is 4.00. The zero-order valence-corrected chi connectivity index (χ0v) is 5.98. The summed E-state index contributed by atoms with van der Waals surface area (Å²) in [7, 11) is 0. The summed E-state index contributed by atoms with van der Waals surface area (Å²) >= 11 is 0. The third-order valence-corrected chi connectivity index (χ3v) is 0.201. The molecule has 0 unspecified atom stereocenters. The quantitative estimate of drug-likeness (QED) is 0.418. The molecule has 0 aliphatic heterocycles. The summed E-state index contributed by atoms with van der Waals surface area (Å²) < 4.78 is 0. The van der Waals surface area contributed by atoms with E-state index >= 15 is 0 Å². The summed E-state index contributed by atoms with van der Waals surface area (Å²) in [5.74, 6) is -0.481. The van der Waals surface area contributed by atoms with Crippen LogP contribution in [0.25, 0.3) is 0 Å². The number of carbonyl (C=O) groups excluding carboxylic acids is 1. The summed E-state index contributed by atoms with van der Waals surface area (Å²) in [5, 5.41) is 0. The van der Waals surface area contributed by atoms with Crippen molar-refractivity contribution in [3.05, 3.63) is 24.8 Å². The Morgan fingerprint density at radius 3 is 1.67 bits per heavy atom. The van der Waals surface area contributed by atoms with Gasteiger partial charge in [-0.2, -0.15) is 0 Å². The molecule has 0 heterocycles. The van der Waals surface area contributed by atoms with Gasteiger partial charge in [0.1, 0.15) is 0 Å². The van der Waals surface area contributed by atoms with Gasteiger partial charge >= 0.3 is 0 Å². The Balaban J connectivity index is 0. The summed E-state index contributed by atoms with van der Waals surface area (Å²) in [6.45, 7) is 10.6. The maximum atomic E-state index is 9.47. The summed E-state index contributed by atoms with van der Waals surface area (Å²) in [6.07, 6.45) is 1.06. The Labute approximate surface area is 56.1 Å². The van der Waals surface area contributed by atoms with Crippen molar-refractivity contribution in [3.63, 3.8) is 0 Å². The SMILES string of the molecule is C=C(C)C.C=CC(N)=O. The molecule has 0 aliphatic carbocycles. The maximum Gasteiger partial charge on any atom is 0.240 e. The average molecular weight is 127 g/mol. The Morgan fingerprint density at radius 2 is 1.67 bits per heavy atom. The second-order valence-electron chi connectivity index (χ2n) is 1.81. The van der Waals surface area contributed by atoms with Crippen LogP contribution in [-0.2, 0) is 4.79 Å². The predicted octanol–water partition coefficient (Wildman–Crippen LogP) is 1.24. The minimum absolute atomic E-state index is 0.481. The fraction of sp³-hybridized carbons (Fsp3) is 0.286. The molecular formula is C7H13NO. The lowest BCUT2D eigenvalue weighted by Gasteiger charge is -1.65. The van der Waals surface area contributed by atoms with E-state index in [9.17, 15) is 4.79 Å². The highest BCUT2D eigenvalue weighted by Gasteiger charge is 1.69. The highest BCUT2D eigenvalue weighted by molar-refractivity contribution is 5.84. The van der Waals surface area contributed by atoms with E-state index in [-0.39, 0.29) is 0 Å². The Kier molecular flexibility index (Phi) is 8.38. The molecule has 0 aliphatic rings. The fourth-order valence-electron chi connectivity index (χ4n) is 0. The van der Waals surface area contributed by atoms with E-state index in [1.54, 1.807) is 0 Å². The van der Waals surface area contributed by atoms with E-state index in [1.807, 2.05) is 13.8 Å². The van der Waals surface area contributed by atoms with Crippen LogP contribution in [0, 0.1) is 0 Å². The Morgan fingerprint density at radius 1 is 1.56 bits per heavy atom. The second kappa shape index (κ2) is 6.95. The van der Waals surface area contributed by atoms with E-state index in [2.05, 4.69) is 18.9 Å². The lowest BCUT2D eigenvalue weighted by atomic mass is 10.4. The zero-order valence-electron chi connectivity index (χ0n) is 5.98. The lowest BCUT2D eigenvalue weighted by Crippen LogP contribution is -2.04. The second-order valence-corrected chi connectivity index (χ2v) is 1.81. The number of rotatable bonds is 1. The summed E-state index contributed by atoms with van der Waals surface area (Å²) in [6, 6.07) is 0. The van der Waals surface area contributed by atoms with E-state index in [4.69, 9.17) is 0 Å². The van der Waals surface area contributed by atoms with Crippen molar-refractivity contribution in [2.75, 3.05) is 0 Å². The van der Waals surface area contributed by atoms with Crippen molar-refractivity contribution < 1.29 is 4.79 Å². The number of nitrogens with two attached hydrogens (primary N) is 1. The molecule has 0 aromatic carbocycles. The Bertz CT molecular complexity index is 112. The van der Waals surface area contributed by atoms with Crippen LogP contribution in [0.5, 0.6) is 0 Å². The molecule has 0 aromatic heterocycles. The highest BCUT2D eigenvalue weighted by atomic mass is 16.1. The van der Waals surface area contributed by atoms with Gasteiger partial charge in [0, 0.05) is 0 Å². The monoisotopic (exact) mass is 127 g/mol. The van der Waals surface area contributed by atoms with Gasteiger partial charge in [0.2, 0.25) is 5.91 Å². The van der Waals surface area contributed by atoms with Gasteiger partial charge in [-0.1, -0.05) is 12.2 Å². The van der Waals surface area contributed by atoms with Gasteiger partial charge in [0.25, 0.3) is 0 Å². The molecule has 9 heavy (non-hydrogen) atoms. The van der Waals surface area contributed by atoms with E-state index < -0.39 is 5.91 Å². The van der Waals surface area contributed by atoms with Crippen LogP contribution in [0.1, 0.15) is 13.8 Å². The molecular weight excluding hydrogens is 114 g/mol. The van der Waals surface area contributed by atoms with Gasteiger partial charge < -0.3 is 5.73 Å². The molecule has 2 nitrogen and oxygen atoms in total. The third-order valence-electron chi connectivity index (χ3n) is 0.201. The molecule has 2 N–H and O–H groups in total. The van der Waals surface area contributed by atoms with Crippen LogP contribution in [0.15, 0.2) is 24.8 Å². The topological polar surface area (TPSA) is 43.1 Å². The van der Waals surface area contributed by atoms with Crippen molar-refractivity contribution >= 4 is 5.91 Å². The van der Waals surface area contributed by atoms with Crippen molar-refractivity contribution in [1.29, 1.82) is 0 Å². The van der Waals surface area contributed by atoms with Gasteiger partial charge in [0.05, 0.1) is 0 Å². The molecule has 1 amide bonds. The largest absolute Gasteiger partial charge is 0.366 e. The molecule has 0 saturated carbocycles. The molecule has 2 heteroatoms. The highest BCUT2D eigenvalue weighted by Crippen LogP contribution is 1.73. The number of amides is 1. The normalized spacial score (nSPS) is 6.44. The zero-order chi connectivity index (χ0) is 7.86. The molecule has 0 atom stereocenters. The minimum Gasteiger partial charge on any atom is -0.366 e. The van der Waals surface area contributed by atoms with Gasteiger partial charge in [-0.05, 0) is 19.9 Å². The Hall–Kier alpha value is -1.05. The first-order valence-electron chi connectivity index (χ1n) is 2.54. The minimum atomic E-state index is -0.481. The van der Waals surface area contributed by atoms with Crippen LogP contribution in [0.4, 0.5) is 0 Å². The number of primary amides is 1. The van der Waals surface area contributed by atoms with Crippen LogP contribution < -0.4 is 5.73 Å². The van der Waals surface area contributed by atoms with E-state index in [0.717, 1.165) is 6.08 Å². The molecule has 0 aromatic rings. The number of allylic oxidation sites excluding steroid dienone is 1. The van der Waals surface area contributed by atoms with E-state index in [0.29, 0.717) is 0 Å². The molecule has 0 saturated heterocycles. The number of carbonyl (C=O) groups is 1. The van der Waals surface area contributed by atoms with Gasteiger partial charge in [-0.25, -0.2) is 0 Å². The van der Waals surface area contributed by atoms with Gasteiger partial charge in [0.15, 0.2) is 0 Å². The standard InChI is InChI=1S/C4H8.C3H5NO/c1-4(2)3;1-2-3(4)5/h1H2,2-3H3;2H,1H2,(H2,4,5). The summed E-state index contributed by atoms with van der Waals surface area (Å²) in [4.78, 5) is 9.47. The number of hydrogen-bond donors (Lipinski definition) is 1. The summed E-state index contributed by atoms with van der Waals surface area (Å²) in [5.41, 5.74) is 5.70. The fourth-order valence-corrected chi connectivity index (χ4v) is 0. The lowest BCUT2D eigenvalue weighted by molar-refractivity contribution is -0.113. The first-order valence-corrected chi connectivity index (χ1v) is 2.54. The van der Waals surface area contributed by atoms with Crippen molar-refractivity contribution in [2.24, 2.45) is 5.73 Å². The van der Waals surface area contributed by atoms with Crippen molar-refractivity contribution in [3.8, 4) is 0 Å². The van der Waals surface area contributed by atoms with Crippen LogP contribution >= 0.6 is 0 Å².